The van der Waals surface area contributed by atoms with Crippen LogP contribution in [0.5, 0.6) is 0 Å². The number of amides is 1. The van der Waals surface area contributed by atoms with Gasteiger partial charge in [0, 0.05) is 25.2 Å². The Morgan fingerprint density at radius 1 is 1.20 bits per heavy atom. The van der Waals surface area contributed by atoms with E-state index in [1.165, 1.54) is 24.3 Å². The topological polar surface area (TPSA) is 104 Å². The minimum absolute atomic E-state index is 0.0271. The van der Waals surface area contributed by atoms with E-state index >= 15 is 0 Å². The number of hydrogen-bond acceptors (Lipinski definition) is 5. The third kappa shape index (κ3) is 4.77. The lowest BCUT2D eigenvalue weighted by atomic mass is 10.2. The first-order chi connectivity index (χ1) is 11.9. The van der Waals surface area contributed by atoms with Crippen molar-refractivity contribution in [3.63, 3.8) is 0 Å². The van der Waals surface area contributed by atoms with Crippen LogP contribution >= 0.6 is 0 Å². The van der Waals surface area contributed by atoms with Crippen molar-refractivity contribution in [2.75, 3.05) is 39.4 Å². The normalized spacial score (nSPS) is 15.4. The van der Waals surface area contributed by atoms with Crippen molar-refractivity contribution in [2.45, 2.75) is 18.2 Å². The number of ether oxygens (including phenoxy) is 1. The largest absolute Gasteiger partial charge is 0.480 e. The Morgan fingerprint density at radius 3 is 2.32 bits per heavy atom. The Bertz CT molecular complexity index is 711. The number of carbonyl (C=O) groups is 2. The second-order valence-corrected chi connectivity index (χ2v) is 7.60. The summed E-state index contributed by atoms with van der Waals surface area (Å²) in [6, 6.07) is 5.59. The van der Waals surface area contributed by atoms with Crippen LogP contribution in [-0.2, 0) is 19.6 Å². The van der Waals surface area contributed by atoms with Crippen molar-refractivity contribution >= 4 is 21.9 Å². The van der Waals surface area contributed by atoms with Gasteiger partial charge in [-0.05, 0) is 30.7 Å². The molecular formula is C16H22N2O6S. The monoisotopic (exact) mass is 370 g/mol. The first-order valence-corrected chi connectivity index (χ1v) is 9.49. The molecule has 1 aromatic carbocycles. The molecule has 0 spiro atoms. The van der Waals surface area contributed by atoms with Crippen molar-refractivity contribution in [3.05, 3.63) is 29.8 Å². The highest BCUT2D eigenvalue weighted by atomic mass is 32.2. The maximum atomic E-state index is 12.6. The van der Waals surface area contributed by atoms with E-state index in [9.17, 15) is 18.0 Å². The zero-order chi connectivity index (χ0) is 18.4. The summed E-state index contributed by atoms with van der Waals surface area (Å²) in [7, 11) is -3.92. The Morgan fingerprint density at radius 2 is 1.80 bits per heavy atom. The van der Waals surface area contributed by atoms with Crippen LogP contribution in [0.15, 0.2) is 29.2 Å². The summed E-state index contributed by atoms with van der Waals surface area (Å²) in [5.41, 5.74) is 0.390. The third-order valence-corrected chi connectivity index (χ3v) is 5.68. The van der Waals surface area contributed by atoms with Crippen molar-refractivity contribution in [1.29, 1.82) is 0 Å². The van der Waals surface area contributed by atoms with E-state index in [0.29, 0.717) is 38.3 Å². The predicted molar refractivity (Wildman–Crippen MR) is 89.9 cm³/mol. The number of carbonyl (C=O) groups excluding carboxylic acids is 1. The molecule has 25 heavy (non-hydrogen) atoms. The fourth-order valence-corrected chi connectivity index (χ4v) is 4.03. The second kappa shape index (κ2) is 8.41. The van der Waals surface area contributed by atoms with Gasteiger partial charge in [-0.25, -0.2) is 8.42 Å². The van der Waals surface area contributed by atoms with E-state index in [0.717, 1.165) is 4.31 Å². The molecule has 0 atom stereocenters. The minimum Gasteiger partial charge on any atom is -0.480 e. The summed E-state index contributed by atoms with van der Waals surface area (Å²) in [6.45, 7) is 3.27. The molecule has 0 unspecified atom stereocenters. The Labute approximate surface area is 147 Å². The summed E-state index contributed by atoms with van der Waals surface area (Å²) in [5, 5.41) is 8.92. The number of carboxylic acid groups (broad SMARTS) is 1. The lowest BCUT2D eigenvalue weighted by molar-refractivity contribution is -0.137. The van der Waals surface area contributed by atoms with Gasteiger partial charge in [-0.2, -0.15) is 4.31 Å². The molecule has 1 aromatic rings. The van der Waals surface area contributed by atoms with Crippen LogP contribution in [0.25, 0.3) is 0 Å². The number of morpholine rings is 1. The summed E-state index contributed by atoms with van der Waals surface area (Å²) >= 11 is 0. The van der Waals surface area contributed by atoms with Gasteiger partial charge in [0.2, 0.25) is 10.0 Å². The van der Waals surface area contributed by atoms with E-state index in [4.69, 9.17) is 9.84 Å². The van der Waals surface area contributed by atoms with Crippen molar-refractivity contribution < 1.29 is 27.9 Å². The Hall–Kier alpha value is -1.97. The van der Waals surface area contributed by atoms with Crippen LogP contribution in [0.1, 0.15) is 23.7 Å². The molecule has 0 saturated carbocycles. The molecule has 1 N–H and O–H groups in total. The van der Waals surface area contributed by atoms with Crippen LogP contribution < -0.4 is 0 Å². The standard InChI is InChI=1S/C16H22N2O6S/c1-2-7-18(12-15(19)20)25(22,23)14-5-3-13(4-6-14)16(21)17-8-10-24-11-9-17/h3-6H,2,7-12H2,1H3,(H,19,20). The molecule has 9 heteroatoms. The zero-order valence-electron chi connectivity index (χ0n) is 14.1. The number of nitrogens with zero attached hydrogens (tertiary/aromatic N) is 2. The molecule has 1 saturated heterocycles. The molecule has 2 rings (SSSR count). The lowest BCUT2D eigenvalue weighted by Crippen LogP contribution is -2.40. The van der Waals surface area contributed by atoms with Gasteiger partial charge in [0.05, 0.1) is 18.1 Å². The summed E-state index contributed by atoms with van der Waals surface area (Å²) < 4.78 is 31.3. The predicted octanol–water partition coefficient (Wildman–Crippen LogP) is 0.644. The number of aliphatic carboxylic acids is 1. The first kappa shape index (κ1) is 19.4. The molecule has 8 nitrogen and oxygen atoms in total. The van der Waals surface area contributed by atoms with Gasteiger partial charge < -0.3 is 14.7 Å². The highest BCUT2D eigenvalue weighted by Crippen LogP contribution is 2.18. The fourth-order valence-electron chi connectivity index (χ4n) is 2.55. The second-order valence-electron chi connectivity index (χ2n) is 5.66. The fraction of sp³-hybridized carbons (Fsp3) is 0.500. The number of benzene rings is 1. The van der Waals surface area contributed by atoms with Gasteiger partial charge in [-0.3, -0.25) is 9.59 Å². The van der Waals surface area contributed by atoms with E-state index in [2.05, 4.69) is 0 Å². The average Bonchev–Trinajstić information content (AvgIpc) is 2.61. The van der Waals surface area contributed by atoms with Gasteiger partial charge in [-0.1, -0.05) is 6.92 Å². The molecular weight excluding hydrogens is 348 g/mol. The molecule has 1 heterocycles. The van der Waals surface area contributed by atoms with Crippen molar-refractivity contribution in [2.24, 2.45) is 0 Å². The smallest absolute Gasteiger partial charge is 0.318 e. The number of carboxylic acids is 1. The molecule has 1 aliphatic rings. The lowest BCUT2D eigenvalue weighted by Gasteiger charge is -2.27. The number of rotatable bonds is 7. The molecule has 0 bridgehead atoms. The molecule has 0 aromatic heterocycles. The van der Waals surface area contributed by atoms with E-state index in [1.54, 1.807) is 11.8 Å². The molecule has 1 aliphatic heterocycles. The molecule has 1 amide bonds. The highest BCUT2D eigenvalue weighted by Gasteiger charge is 2.26. The highest BCUT2D eigenvalue weighted by molar-refractivity contribution is 7.89. The van der Waals surface area contributed by atoms with Crippen LogP contribution in [0.4, 0.5) is 0 Å². The van der Waals surface area contributed by atoms with E-state index in [1.807, 2.05) is 0 Å². The summed E-state index contributed by atoms with van der Waals surface area (Å²) in [5.74, 6) is -1.39. The molecule has 138 valence electrons. The van der Waals surface area contributed by atoms with Gasteiger partial charge in [-0.15, -0.1) is 0 Å². The van der Waals surface area contributed by atoms with Crippen molar-refractivity contribution in [3.8, 4) is 0 Å². The SMILES string of the molecule is CCCN(CC(=O)O)S(=O)(=O)c1ccc(C(=O)N2CCOCC2)cc1. The zero-order valence-corrected chi connectivity index (χ0v) is 14.9. The molecule has 0 radical (unpaired) electrons. The maximum absolute atomic E-state index is 12.6. The Balaban J connectivity index is 2.19. The van der Waals surface area contributed by atoms with Crippen LogP contribution in [0.3, 0.4) is 0 Å². The van der Waals surface area contributed by atoms with Gasteiger partial charge in [0.15, 0.2) is 0 Å². The third-order valence-electron chi connectivity index (χ3n) is 3.82. The van der Waals surface area contributed by atoms with Gasteiger partial charge >= 0.3 is 5.97 Å². The summed E-state index contributed by atoms with van der Waals surface area (Å²) in [6.07, 6.45) is 0.500. The van der Waals surface area contributed by atoms with Crippen LogP contribution in [0.2, 0.25) is 0 Å². The minimum atomic E-state index is -3.92. The molecule has 0 aliphatic carbocycles. The van der Waals surface area contributed by atoms with Gasteiger partial charge in [0.1, 0.15) is 6.54 Å². The molecule has 1 fully saturated rings. The van der Waals surface area contributed by atoms with Crippen LogP contribution in [0, 0.1) is 0 Å². The van der Waals surface area contributed by atoms with Crippen molar-refractivity contribution in [1.82, 2.24) is 9.21 Å². The average molecular weight is 370 g/mol. The quantitative estimate of drug-likeness (QED) is 0.755. The number of sulfonamides is 1. The van der Waals surface area contributed by atoms with E-state index in [-0.39, 0.29) is 17.3 Å². The number of hydrogen-bond donors (Lipinski definition) is 1. The Kier molecular flexibility index (Phi) is 6.51. The summed E-state index contributed by atoms with van der Waals surface area (Å²) in [4.78, 5) is 24.9. The van der Waals surface area contributed by atoms with Crippen LogP contribution in [-0.4, -0.2) is 74.0 Å². The maximum Gasteiger partial charge on any atom is 0.318 e. The van der Waals surface area contributed by atoms with E-state index < -0.39 is 22.5 Å². The first-order valence-electron chi connectivity index (χ1n) is 8.05. The van der Waals surface area contributed by atoms with Gasteiger partial charge in [0.25, 0.3) is 5.91 Å².